The Morgan fingerprint density at radius 1 is 1.08 bits per heavy atom. The van der Waals surface area contributed by atoms with Crippen molar-refractivity contribution in [2.45, 2.75) is 19.4 Å². The van der Waals surface area contributed by atoms with Crippen molar-refractivity contribution in [3.05, 3.63) is 70.7 Å². The molecule has 0 aromatic heterocycles. The van der Waals surface area contributed by atoms with Crippen molar-refractivity contribution in [2.24, 2.45) is 0 Å². The minimum Gasteiger partial charge on any atom is -0.331 e. The molecule has 1 aliphatic rings. The van der Waals surface area contributed by atoms with Gasteiger partial charge in [0.05, 0.1) is 6.04 Å². The molecule has 2 amide bonds. The number of rotatable bonds is 5. The molecule has 3 rings (SSSR count). The molecular formula is C21H26ClN3O. The summed E-state index contributed by atoms with van der Waals surface area (Å²) in [6.45, 7) is 6.37. The molecule has 1 atom stereocenters. The van der Waals surface area contributed by atoms with Crippen LogP contribution in [-0.2, 0) is 6.42 Å². The molecule has 0 bridgehead atoms. The molecule has 0 radical (unpaired) electrons. The molecule has 1 fully saturated rings. The smallest absolute Gasteiger partial charge is 0.317 e. The van der Waals surface area contributed by atoms with E-state index in [1.54, 1.807) is 0 Å². The van der Waals surface area contributed by atoms with Gasteiger partial charge in [-0.2, -0.15) is 0 Å². The zero-order valence-corrected chi connectivity index (χ0v) is 16.0. The van der Waals surface area contributed by atoms with E-state index in [4.69, 9.17) is 11.6 Å². The number of benzene rings is 2. The summed E-state index contributed by atoms with van der Waals surface area (Å²) in [5, 5.41) is 3.89. The van der Waals surface area contributed by atoms with E-state index in [1.807, 2.05) is 60.4 Å². The number of nitrogens with one attached hydrogen (secondary N) is 1. The number of piperazine rings is 1. The highest BCUT2D eigenvalue weighted by Gasteiger charge is 2.22. The van der Waals surface area contributed by atoms with E-state index in [9.17, 15) is 4.79 Å². The molecule has 0 saturated carbocycles. The summed E-state index contributed by atoms with van der Waals surface area (Å²) in [5.74, 6) is 0. The summed E-state index contributed by atoms with van der Waals surface area (Å²) >= 11 is 6.04. The van der Waals surface area contributed by atoms with Crippen molar-refractivity contribution in [3.8, 4) is 0 Å². The van der Waals surface area contributed by atoms with E-state index in [1.165, 1.54) is 5.56 Å². The van der Waals surface area contributed by atoms with Crippen LogP contribution >= 0.6 is 11.6 Å². The third-order valence-corrected chi connectivity index (χ3v) is 5.14. The fourth-order valence-electron chi connectivity index (χ4n) is 3.26. The van der Waals surface area contributed by atoms with Gasteiger partial charge in [0.2, 0.25) is 0 Å². The molecule has 1 unspecified atom stereocenters. The molecule has 2 aromatic rings. The predicted octanol–water partition coefficient (Wildman–Crippen LogP) is 3.97. The number of carbonyl (C=O) groups is 1. The Labute approximate surface area is 160 Å². The lowest BCUT2D eigenvalue weighted by Crippen LogP contribution is -2.52. The van der Waals surface area contributed by atoms with Gasteiger partial charge in [-0.3, -0.25) is 4.90 Å². The molecular weight excluding hydrogens is 346 g/mol. The molecule has 1 N–H and O–H groups in total. The lowest BCUT2D eigenvalue weighted by atomic mass is 10.1. The van der Waals surface area contributed by atoms with Gasteiger partial charge >= 0.3 is 6.03 Å². The third-order valence-electron chi connectivity index (χ3n) is 4.90. The van der Waals surface area contributed by atoms with Crippen molar-refractivity contribution < 1.29 is 4.79 Å². The van der Waals surface area contributed by atoms with Gasteiger partial charge in [-0.25, -0.2) is 4.79 Å². The number of halogens is 1. The van der Waals surface area contributed by atoms with E-state index in [0.29, 0.717) is 0 Å². The highest BCUT2D eigenvalue weighted by Crippen LogP contribution is 2.14. The largest absolute Gasteiger partial charge is 0.331 e. The van der Waals surface area contributed by atoms with Crippen LogP contribution in [0.4, 0.5) is 4.79 Å². The van der Waals surface area contributed by atoms with Crippen LogP contribution in [-0.4, -0.2) is 48.6 Å². The SMILES string of the molecule is CC(NC(=O)N1CCN(CCc2cccc(Cl)c2)CC1)c1ccccc1. The highest BCUT2D eigenvalue weighted by molar-refractivity contribution is 6.30. The average molecular weight is 372 g/mol. The Bertz CT molecular complexity index is 714. The second-order valence-corrected chi connectivity index (χ2v) is 7.23. The van der Waals surface area contributed by atoms with Crippen LogP contribution in [0.2, 0.25) is 5.02 Å². The van der Waals surface area contributed by atoms with Crippen LogP contribution in [0.3, 0.4) is 0 Å². The monoisotopic (exact) mass is 371 g/mol. The summed E-state index contributed by atoms with van der Waals surface area (Å²) in [7, 11) is 0. The Kier molecular flexibility index (Phi) is 6.53. The van der Waals surface area contributed by atoms with Gasteiger partial charge in [0.15, 0.2) is 0 Å². The molecule has 1 heterocycles. The summed E-state index contributed by atoms with van der Waals surface area (Å²) in [6.07, 6.45) is 0.984. The van der Waals surface area contributed by atoms with Gasteiger partial charge in [0, 0.05) is 37.7 Å². The van der Waals surface area contributed by atoms with Crippen molar-refractivity contribution in [1.29, 1.82) is 0 Å². The first-order valence-electron chi connectivity index (χ1n) is 9.19. The third kappa shape index (κ3) is 5.23. The normalized spacial score (nSPS) is 16.3. The lowest BCUT2D eigenvalue weighted by Gasteiger charge is -2.35. The molecule has 4 nitrogen and oxygen atoms in total. The van der Waals surface area contributed by atoms with Gasteiger partial charge < -0.3 is 10.2 Å². The van der Waals surface area contributed by atoms with Crippen molar-refractivity contribution in [3.63, 3.8) is 0 Å². The number of urea groups is 1. The first-order valence-corrected chi connectivity index (χ1v) is 9.57. The number of amides is 2. The van der Waals surface area contributed by atoms with E-state index in [0.717, 1.165) is 49.7 Å². The van der Waals surface area contributed by atoms with Crippen molar-refractivity contribution >= 4 is 17.6 Å². The molecule has 26 heavy (non-hydrogen) atoms. The minimum absolute atomic E-state index is 0.0181. The Balaban J connectivity index is 1.42. The molecule has 0 aliphatic carbocycles. The van der Waals surface area contributed by atoms with Gasteiger partial charge in [-0.15, -0.1) is 0 Å². The zero-order chi connectivity index (χ0) is 18.4. The van der Waals surface area contributed by atoms with E-state index in [-0.39, 0.29) is 12.1 Å². The van der Waals surface area contributed by atoms with Crippen LogP contribution in [0.15, 0.2) is 54.6 Å². The van der Waals surface area contributed by atoms with Crippen LogP contribution in [0.1, 0.15) is 24.1 Å². The molecule has 1 aliphatic heterocycles. The summed E-state index contributed by atoms with van der Waals surface area (Å²) < 4.78 is 0. The number of carbonyl (C=O) groups excluding carboxylic acids is 1. The Morgan fingerprint density at radius 3 is 2.50 bits per heavy atom. The van der Waals surface area contributed by atoms with Crippen LogP contribution in [0.5, 0.6) is 0 Å². The average Bonchev–Trinajstić information content (AvgIpc) is 2.67. The summed E-state index contributed by atoms with van der Waals surface area (Å²) in [6, 6.07) is 18.1. The van der Waals surface area contributed by atoms with Crippen LogP contribution in [0.25, 0.3) is 0 Å². The van der Waals surface area contributed by atoms with Gasteiger partial charge in [-0.1, -0.05) is 54.1 Å². The van der Waals surface area contributed by atoms with E-state index in [2.05, 4.69) is 16.3 Å². The second kappa shape index (κ2) is 9.06. The first kappa shape index (κ1) is 18.7. The van der Waals surface area contributed by atoms with Crippen LogP contribution in [0, 0.1) is 0 Å². The van der Waals surface area contributed by atoms with Crippen molar-refractivity contribution in [1.82, 2.24) is 15.1 Å². The number of hydrogen-bond acceptors (Lipinski definition) is 2. The fraction of sp³-hybridized carbons (Fsp3) is 0.381. The second-order valence-electron chi connectivity index (χ2n) is 6.79. The molecule has 1 saturated heterocycles. The van der Waals surface area contributed by atoms with Gasteiger partial charge in [0.1, 0.15) is 0 Å². The first-order chi connectivity index (χ1) is 12.6. The molecule has 138 valence electrons. The standard InChI is InChI=1S/C21H26ClN3O/c1-17(19-7-3-2-4-8-19)23-21(26)25-14-12-24(13-15-25)11-10-18-6-5-9-20(22)16-18/h2-9,16-17H,10-15H2,1H3,(H,23,26). The van der Waals surface area contributed by atoms with E-state index >= 15 is 0 Å². The molecule has 5 heteroatoms. The number of nitrogens with zero attached hydrogens (tertiary/aromatic N) is 2. The summed E-state index contributed by atoms with van der Waals surface area (Å²) in [5.41, 5.74) is 2.38. The van der Waals surface area contributed by atoms with Gasteiger partial charge in [0.25, 0.3) is 0 Å². The number of hydrogen-bond donors (Lipinski definition) is 1. The Morgan fingerprint density at radius 2 is 1.81 bits per heavy atom. The highest BCUT2D eigenvalue weighted by atomic mass is 35.5. The molecule has 2 aromatic carbocycles. The minimum atomic E-state index is 0.0181. The molecule has 0 spiro atoms. The quantitative estimate of drug-likeness (QED) is 0.863. The lowest BCUT2D eigenvalue weighted by molar-refractivity contribution is 0.138. The summed E-state index contributed by atoms with van der Waals surface area (Å²) in [4.78, 5) is 16.8. The maximum absolute atomic E-state index is 12.5. The maximum atomic E-state index is 12.5. The van der Waals surface area contributed by atoms with Gasteiger partial charge in [-0.05, 0) is 36.6 Å². The zero-order valence-electron chi connectivity index (χ0n) is 15.2. The Hall–Kier alpha value is -2.04. The fourth-order valence-corrected chi connectivity index (χ4v) is 3.47. The van der Waals surface area contributed by atoms with E-state index < -0.39 is 0 Å². The predicted molar refractivity (Wildman–Crippen MR) is 107 cm³/mol. The van der Waals surface area contributed by atoms with Crippen LogP contribution < -0.4 is 5.32 Å². The van der Waals surface area contributed by atoms with Crippen molar-refractivity contribution in [2.75, 3.05) is 32.7 Å². The topological polar surface area (TPSA) is 35.6 Å². The maximum Gasteiger partial charge on any atom is 0.317 e.